The molecule has 0 unspecified atom stereocenters. The summed E-state index contributed by atoms with van der Waals surface area (Å²) in [7, 11) is 9.05. The maximum atomic E-state index is 9.45. The van der Waals surface area contributed by atoms with Crippen molar-refractivity contribution in [2.75, 3.05) is 12.3 Å². The average Bonchev–Trinajstić information content (AvgIpc) is 2.38. The standard InChI is InChI=1S/C10H14.C8H19OP.2ClH.Ru/c1-8(2)10-6-4-9(3)5-7-10;1-7(2)5-10(9)6-8(3)4;;;/h4-8H,1-3H3;7-9H,5-6H2,1-4H3;2*1H;/q;;;;+2/p-2. The molecule has 0 fully saturated rings. The van der Waals surface area contributed by atoms with Crippen molar-refractivity contribution in [2.24, 2.45) is 11.8 Å². The van der Waals surface area contributed by atoms with Crippen LogP contribution in [0.5, 0.6) is 0 Å². The molecule has 0 heterocycles. The number of aryl methyl sites for hydroxylation is 1. The third-order valence-corrected chi connectivity index (χ3v) is 5.20. The van der Waals surface area contributed by atoms with E-state index < -0.39 is 8.15 Å². The normalized spacial score (nSPS) is 10.7. The number of rotatable bonds is 5. The Bertz CT molecular complexity index is 360. The van der Waals surface area contributed by atoms with Crippen molar-refractivity contribution in [3.63, 3.8) is 0 Å². The first-order chi connectivity index (χ1) is 10.6. The van der Waals surface area contributed by atoms with Crippen LogP contribution in [0.15, 0.2) is 24.3 Å². The molecule has 5 heteroatoms. The van der Waals surface area contributed by atoms with E-state index in [1.807, 2.05) is 0 Å². The fraction of sp³-hybridized carbons (Fsp3) is 0.667. The Morgan fingerprint density at radius 3 is 1.52 bits per heavy atom. The molecule has 0 aromatic heterocycles. The third-order valence-electron chi connectivity index (χ3n) is 2.90. The van der Waals surface area contributed by atoms with Gasteiger partial charge >= 0.3 is 34.5 Å². The van der Waals surface area contributed by atoms with Crippen LogP contribution in [0, 0.1) is 18.8 Å². The van der Waals surface area contributed by atoms with E-state index in [1.165, 1.54) is 11.1 Å². The van der Waals surface area contributed by atoms with Gasteiger partial charge in [0.1, 0.15) is 0 Å². The maximum absolute atomic E-state index is 9.45. The minimum atomic E-state index is -0.659. The van der Waals surface area contributed by atoms with Gasteiger partial charge in [0.25, 0.3) is 0 Å². The molecule has 1 aromatic carbocycles. The molecule has 23 heavy (non-hydrogen) atoms. The van der Waals surface area contributed by atoms with Gasteiger partial charge in [-0.05, 0) is 42.6 Å². The fourth-order valence-electron chi connectivity index (χ4n) is 1.87. The van der Waals surface area contributed by atoms with Gasteiger partial charge in [0.2, 0.25) is 0 Å². The molecule has 0 aliphatic rings. The molecule has 1 N–H and O–H groups in total. The van der Waals surface area contributed by atoms with Crippen molar-refractivity contribution in [2.45, 2.75) is 54.4 Å². The van der Waals surface area contributed by atoms with Crippen LogP contribution in [0.2, 0.25) is 0 Å². The summed E-state index contributed by atoms with van der Waals surface area (Å²) in [4.78, 5) is 9.45. The second-order valence-electron chi connectivity index (χ2n) is 6.78. The van der Waals surface area contributed by atoms with Gasteiger partial charge in [-0.1, -0.05) is 71.4 Å². The van der Waals surface area contributed by atoms with Crippen LogP contribution in [0.25, 0.3) is 0 Å². The molecular formula is C18H33Cl2OPRu. The van der Waals surface area contributed by atoms with E-state index in [-0.39, 0.29) is 15.1 Å². The summed E-state index contributed by atoms with van der Waals surface area (Å²) in [6.07, 6.45) is 2.01. The Balaban J connectivity index is 0. The summed E-state index contributed by atoms with van der Waals surface area (Å²) >= 11 is -0.346. The van der Waals surface area contributed by atoms with Crippen molar-refractivity contribution in [1.29, 1.82) is 0 Å². The van der Waals surface area contributed by atoms with Crippen LogP contribution < -0.4 is 0 Å². The molecule has 1 rings (SSSR count). The Hall–Kier alpha value is 0.813. The predicted molar refractivity (Wildman–Crippen MR) is 106 cm³/mol. The SMILES string of the molecule is CC(C)CP(O)CC(C)C.Cc1ccc(C(C)C)cc1.[Cl][Ru][Cl]. The summed E-state index contributed by atoms with van der Waals surface area (Å²) in [6.45, 7) is 15.2. The molecule has 0 radical (unpaired) electrons. The van der Waals surface area contributed by atoms with E-state index in [9.17, 15) is 4.89 Å². The quantitative estimate of drug-likeness (QED) is 0.359. The molecule has 0 spiro atoms. The topological polar surface area (TPSA) is 20.2 Å². The van der Waals surface area contributed by atoms with Gasteiger partial charge in [-0.3, -0.25) is 0 Å². The summed E-state index contributed by atoms with van der Waals surface area (Å²) in [6, 6.07) is 8.71. The zero-order chi connectivity index (χ0) is 18.4. The Morgan fingerprint density at radius 1 is 0.913 bits per heavy atom. The Kier molecular flexibility index (Phi) is 18.4. The summed E-state index contributed by atoms with van der Waals surface area (Å²) < 4.78 is 0. The first-order valence-electron chi connectivity index (χ1n) is 7.99. The minimum absolute atomic E-state index is 0.346. The molecular weight excluding hydrogens is 435 g/mol. The van der Waals surface area contributed by atoms with Crippen LogP contribution in [0.3, 0.4) is 0 Å². The van der Waals surface area contributed by atoms with E-state index in [2.05, 4.69) is 72.7 Å². The predicted octanol–water partition coefficient (Wildman–Crippen LogP) is 7.18. The van der Waals surface area contributed by atoms with Crippen LogP contribution in [0.1, 0.15) is 58.6 Å². The van der Waals surface area contributed by atoms with Crippen molar-refractivity contribution >= 4 is 27.5 Å². The molecule has 1 nitrogen and oxygen atoms in total. The molecule has 0 amide bonds. The van der Waals surface area contributed by atoms with E-state index in [0.29, 0.717) is 17.8 Å². The molecule has 138 valence electrons. The number of halogens is 2. The van der Waals surface area contributed by atoms with Crippen LogP contribution in [-0.4, -0.2) is 17.2 Å². The third kappa shape index (κ3) is 19.0. The summed E-state index contributed by atoms with van der Waals surface area (Å²) in [5.74, 6) is 1.95. The van der Waals surface area contributed by atoms with Crippen LogP contribution in [0.4, 0.5) is 0 Å². The van der Waals surface area contributed by atoms with Crippen molar-refractivity contribution in [3.05, 3.63) is 35.4 Å². The van der Waals surface area contributed by atoms with E-state index in [0.717, 1.165) is 12.3 Å². The van der Waals surface area contributed by atoms with Gasteiger partial charge < -0.3 is 4.89 Å². The van der Waals surface area contributed by atoms with E-state index >= 15 is 0 Å². The average molecular weight is 468 g/mol. The number of benzene rings is 1. The molecule has 0 aliphatic carbocycles. The molecule has 0 atom stereocenters. The zero-order valence-corrected chi connectivity index (χ0v) is 19.6. The Labute approximate surface area is 161 Å². The van der Waals surface area contributed by atoms with Crippen molar-refractivity contribution < 1.29 is 20.0 Å². The zero-order valence-electron chi connectivity index (χ0n) is 15.5. The van der Waals surface area contributed by atoms with Gasteiger partial charge in [-0.25, -0.2) is 0 Å². The van der Waals surface area contributed by atoms with Crippen LogP contribution in [-0.2, 0) is 15.1 Å². The number of hydrogen-bond donors (Lipinski definition) is 1. The Morgan fingerprint density at radius 2 is 1.26 bits per heavy atom. The molecule has 0 bridgehead atoms. The fourth-order valence-corrected chi connectivity index (χ4v) is 3.70. The van der Waals surface area contributed by atoms with Gasteiger partial charge in [0.05, 0.1) is 0 Å². The summed E-state index contributed by atoms with van der Waals surface area (Å²) in [5, 5.41) is 0. The molecule has 0 aliphatic heterocycles. The van der Waals surface area contributed by atoms with Gasteiger partial charge in [-0.2, -0.15) is 0 Å². The molecule has 0 saturated heterocycles. The van der Waals surface area contributed by atoms with Crippen molar-refractivity contribution in [1.82, 2.24) is 0 Å². The first-order valence-corrected chi connectivity index (χ1v) is 14.1. The second kappa shape index (κ2) is 16.3. The van der Waals surface area contributed by atoms with Crippen LogP contribution >= 0.6 is 27.5 Å². The molecule has 1 aromatic rings. The van der Waals surface area contributed by atoms with Gasteiger partial charge in [0, 0.05) is 8.15 Å². The number of hydrogen-bond acceptors (Lipinski definition) is 1. The summed E-state index contributed by atoms with van der Waals surface area (Å²) in [5.41, 5.74) is 2.76. The van der Waals surface area contributed by atoms with Crippen molar-refractivity contribution in [3.8, 4) is 0 Å². The van der Waals surface area contributed by atoms with E-state index in [1.54, 1.807) is 0 Å². The molecule has 0 saturated carbocycles. The first kappa shape index (κ1) is 26.0. The van der Waals surface area contributed by atoms with Gasteiger partial charge in [0.15, 0.2) is 0 Å². The van der Waals surface area contributed by atoms with E-state index in [4.69, 9.17) is 19.4 Å². The monoisotopic (exact) mass is 468 g/mol. The second-order valence-corrected chi connectivity index (χ2v) is 11.2. The van der Waals surface area contributed by atoms with Gasteiger partial charge in [-0.15, -0.1) is 0 Å².